The van der Waals surface area contributed by atoms with Gasteiger partial charge in [-0.1, -0.05) is 41.4 Å². The van der Waals surface area contributed by atoms with Crippen LogP contribution in [-0.4, -0.2) is 22.5 Å². The second kappa shape index (κ2) is 6.62. The molecule has 1 heterocycles. The predicted molar refractivity (Wildman–Crippen MR) is 92.1 cm³/mol. The van der Waals surface area contributed by atoms with Gasteiger partial charge in [-0.25, -0.2) is 0 Å². The van der Waals surface area contributed by atoms with Gasteiger partial charge in [0.25, 0.3) is 5.91 Å². The molecule has 0 spiro atoms. The van der Waals surface area contributed by atoms with E-state index in [9.17, 15) is 9.90 Å². The van der Waals surface area contributed by atoms with Crippen LogP contribution in [0.15, 0.2) is 48.7 Å². The molecular weight excluding hydrogens is 335 g/mol. The largest absolute Gasteiger partial charge is 0.386 e. The van der Waals surface area contributed by atoms with Crippen molar-refractivity contribution in [2.45, 2.75) is 6.10 Å². The fraction of sp³-hybridized carbons (Fsp3) is 0.118. The summed E-state index contributed by atoms with van der Waals surface area (Å²) in [6.45, 7) is 0.0133. The SMILES string of the molecule is O=C(NCC(O)c1c(Cl)cccc1Cl)c1cccc2cc[nH]c12. The minimum absolute atomic E-state index is 0.0133. The second-order valence-corrected chi connectivity index (χ2v) is 5.92. The molecule has 0 aliphatic carbocycles. The highest BCUT2D eigenvalue weighted by Gasteiger charge is 2.17. The first-order chi connectivity index (χ1) is 11.1. The van der Waals surface area contributed by atoms with Crippen LogP contribution in [0.2, 0.25) is 10.0 Å². The monoisotopic (exact) mass is 348 g/mol. The number of fused-ring (bicyclic) bond motifs is 1. The van der Waals surface area contributed by atoms with Crippen molar-refractivity contribution < 1.29 is 9.90 Å². The van der Waals surface area contributed by atoms with Crippen molar-refractivity contribution in [2.75, 3.05) is 6.54 Å². The van der Waals surface area contributed by atoms with Crippen molar-refractivity contribution in [3.63, 3.8) is 0 Å². The molecule has 3 rings (SSSR count). The highest BCUT2D eigenvalue weighted by molar-refractivity contribution is 6.36. The van der Waals surface area contributed by atoms with Crippen LogP contribution in [-0.2, 0) is 0 Å². The van der Waals surface area contributed by atoms with E-state index in [1.165, 1.54) is 0 Å². The number of hydrogen-bond acceptors (Lipinski definition) is 2. The van der Waals surface area contributed by atoms with E-state index in [0.29, 0.717) is 21.2 Å². The lowest BCUT2D eigenvalue weighted by atomic mass is 10.1. The smallest absolute Gasteiger partial charge is 0.253 e. The number of benzene rings is 2. The Morgan fingerprint density at radius 3 is 2.57 bits per heavy atom. The summed E-state index contributed by atoms with van der Waals surface area (Å²) in [7, 11) is 0. The van der Waals surface area contributed by atoms with E-state index in [4.69, 9.17) is 23.2 Å². The number of halogens is 2. The van der Waals surface area contributed by atoms with Crippen LogP contribution in [0.1, 0.15) is 22.0 Å². The van der Waals surface area contributed by atoms with Gasteiger partial charge >= 0.3 is 0 Å². The third-order valence-electron chi connectivity index (χ3n) is 3.62. The van der Waals surface area contributed by atoms with Crippen molar-refractivity contribution in [1.82, 2.24) is 10.3 Å². The Bertz CT molecular complexity index is 840. The number of amides is 1. The van der Waals surface area contributed by atoms with Crippen molar-refractivity contribution in [1.29, 1.82) is 0 Å². The maximum Gasteiger partial charge on any atom is 0.253 e. The summed E-state index contributed by atoms with van der Waals surface area (Å²) in [4.78, 5) is 15.4. The van der Waals surface area contributed by atoms with E-state index in [0.717, 1.165) is 10.9 Å². The molecule has 1 atom stereocenters. The minimum atomic E-state index is -0.983. The second-order valence-electron chi connectivity index (χ2n) is 5.11. The van der Waals surface area contributed by atoms with E-state index in [-0.39, 0.29) is 12.5 Å². The van der Waals surface area contributed by atoms with Gasteiger partial charge in [0.1, 0.15) is 0 Å². The molecule has 1 amide bonds. The number of carbonyl (C=O) groups excluding carboxylic acids is 1. The van der Waals surface area contributed by atoms with Crippen molar-refractivity contribution in [3.8, 4) is 0 Å². The maximum atomic E-state index is 12.4. The van der Waals surface area contributed by atoms with E-state index in [2.05, 4.69) is 10.3 Å². The van der Waals surface area contributed by atoms with Gasteiger partial charge in [0.2, 0.25) is 0 Å². The summed E-state index contributed by atoms with van der Waals surface area (Å²) < 4.78 is 0. The van der Waals surface area contributed by atoms with E-state index in [1.54, 1.807) is 30.5 Å². The third kappa shape index (κ3) is 3.20. The van der Waals surface area contributed by atoms with Gasteiger partial charge < -0.3 is 15.4 Å². The lowest BCUT2D eigenvalue weighted by molar-refractivity contribution is 0.0918. The van der Waals surface area contributed by atoms with Crippen molar-refractivity contribution in [2.24, 2.45) is 0 Å². The number of H-pyrrole nitrogens is 1. The molecule has 3 N–H and O–H groups in total. The highest BCUT2D eigenvalue weighted by atomic mass is 35.5. The van der Waals surface area contributed by atoms with Crippen LogP contribution in [0.25, 0.3) is 10.9 Å². The van der Waals surface area contributed by atoms with Gasteiger partial charge in [0, 0.05) is 33.7 Å². The molecule has 0 saturated carbocycles. The molecule has 118 valence electrons. The highest BCUT2D eigenvalue weighted by Crippen LogP contribution is 2.29. The molecule has 0 saturated heterocycles. The number of para-hydroxylation sites is 1. The lowest BCUT2D eigenvalue weighted by Gasteiger charge is -2.15. The molecule has 23 heavy (non-hydrogen) atoms. The molecule has 0 aliphatic rings. The predicted octanol–water partition coefficient (Wildman–Crippen LogP) is 3.94. The molecule has 1 aromatic heterocycles. The maximum absolute atomic E-state index is 12.4. The summed E-state index contributed by atoms with van der Waals surface area (Å²) in [6, 6.07) is 12.3. The molecule has 0 fully saturated rings. The van der Waals surface area contributed by atoms with Gasteiger partial charge in [0.05, 0.1) is 17.2 Å². The minimum Gasteiger partial charge on any atom is -0.386 e. The van der Waals surface area contributed by atoms with Crippen molar-refractivity contribution in [3.05, 3.63) is 69.8 Å². The number of aromatic amines is 1. The normalized spacial score (nSPS) is 12.3. The van der Waals surface area contributed by atoms with Gasteiger partial charge in [0.15, 0.2) is 0 Å². The fourth-order valence-corrected chi connectivity index (χ4v) is 3.14. The van der Waals surface area contributed by atoms with Crippen LogP contribution in [0.5, 0.6) is 0 Å². The summed E-state index contributed by atoms with van der Waals surface area (Å²) in [6.07, 6.45) is 0.794. The molecule has 1 unspecified atom stereocenters. The summed E-state index contributed by atoms with van der Waals surface area (Å²) in [5.41, 5.74) is 1.69. The van der Waals surface area contributed by atoms with Gasteiger partial charge in [-0.15, -0.1) is 0 Å². The molecule has 2 aromatic carbocycles. The van der Waals surface area contributed by atoms with Crippen LogP contribution in [0.3, 0.4) is 0 Å². The first-order valence-electron chi connectivity index (χ1n) is 7.04. The quantitative estimate of drug-likeness (QED) is 0.668. The lowest BCUT2D eigenvalue weighted by Crippen LogP contribution is -2.28. The average Bonchev–Trinajstić information content (AvgIpc) is 3.00. The first-order valence-corrected chi connectivity index (χ1v) is 7.80. The number of aromatic nitrogens is 1. The molecule has 6 heteroatoms. The Labute approximate surface area is 143 Å². The Morgan fingerprint density at radius 1 is 1.13 bits per heavy atom. The molecule has 0 radical (unpaired) electrons. The van der Waals surface area contributed by atoms with Crippen LogP contribution in [0, 0.1) is 0 Å². The van der Waals surface area contributed by atoms with Crippen LogP contribution in [0.4, 0.5) is 0 Å². The average molecular weight is 349 g/mol. The van der Waals surface area contributed by atoms with Crippen LogP contribution >= 0.6 is 23.2 Å². The van der Waals surface area contributed by atoms with E-state index < -0.39 is 6.10 Å². The van der Waals surface area contributed by atoms with Gasteiger partial charge in [-0.05, 0) is 24.3 Å². The number of rotatable bonds is 4. The molecule has 4 nitrogen and oxygen atoms in total. The Hall–Kier alpha value is -2.01. The zero-order valence-corrected chi connectivity index (χ0v) is 13.5. The molecule has 0 aliphatic heterocycles. The molecule has 3 aromatic rings. The first kappa shape index (κ1) is 15.9. The number of aliphatic hydroxyl groups excluding tert-OH is 1. The zero-order chi connectivity index (χ0) is 16.4. The Kier molecular flexibility index (Phi) is 4.57. The zero-order valence-electron chi connectivity index (χ0n) is 12.0. The van der Waals surface area contributed by atoms with Gasteiger partial charge in [-0.2, -0.15) is 0 Å². The Balaban J connectivity index is 1.75. The summed E-state index contributed by atoms with van der Waals surface area (Å²) >= 11 is 12.1. The summed E-state index contributed by atoms with van der Waals surface area (Å²) in [5, 5.41) is 14.7. The fourth-order valence-electron chi connectivity index (χ4n) is 2.49. The van der Waals surface area contributed by atoms with Gasteiger partial charge in [-0.3, -0.25) is 4.79 Å². The molecule has 0 bridgehead atoms. The topological polar surface area (TPSA) is 65.1 Å². The summed E-state index contributed by atoms with van der Waals surface area (Å²) in [5.74, 6) is -0.278. The van der Waals surface area contributed by atoms with E-state index in [1.807, 2.05) is 18.2 Å². The standard InChI is InChI=1S/C17H14Cl2N2O2/c18-12-5-2-6-13(19)15(12)14(22)9-21-17(23)11-4-1-3-10-7-8-20-16(10)11/h1-8,14,20,22H,9H2,(H,21,23). The van der Waals surface area contributed by atoms with Crippen LogP contribution < -0.4 is 5.32 Å². The van der Waals surface area contributed by atoms with E-state index >= 15 is 0 Å². The number of aliphatic hydroxyl groups is 1. The van der Waals surface area contributed by atoms with Crippen molar-refractivity contribution >= 4 is 40.0 Å². The number of nitrogens with one attached hydrogen (secondary N) is 2. The third-order valence-corrected chi connectivity index (χ3v) is 4.28. The molecular formula is C17H14Cl2N2O2. The number of hydrogen-bond donors (Lipinski definition) is 3. The Morgan fingerprint density at radius 2 is 1.83 bits per heavy atom. The number of carbonyl (C=O) groups is 1.